The molecule has 146 valence electrons. The van der Waals surface area contributed by atoms with Crippen molar-refractivity contribution in [3.05, 3.63) is 64.6 Å². The van der Waals surface area contributed by atoms with Crippen LogP contribution in [-0.2, 0) is 11.2 Å². The highest BCUT2D eigenvalue weighted by molar-refractivity contribution is 6.01. The van der Waals surface area contributed by atoms with Crippen LogP contribution in [0.1, 0.15) is 45.8 Å². The zero-order valence-corrected chi connectivity index (χ0v) is 16.3. The van der Waals surface area contributed by atoms with Gasteiger partial charge in [-0.25, -0.2) is 9.50 Å². The molecule has 0 fully saturated rings. The second kappa shape index (κ2) is 8.21. The molecular weight excluding hydrogens is 356 g/mol. The standard InChI is InChI=1S/C21H24N4O3/c1-13-11-14(2)25-20(22-13)19(15(3)24-25)21(28)23-17(9-10-18(26)27)12-16-7-5-4-6-8-16/h4-8,11,17H,9-10,12H2,1-3H3,(H,23,28)(H,26,27). The molecule has 0 bridgehead atoms. The predicted octanol–water partition coefficient (Wildman–Crippen LogP) is 2.86. The molecule has 3 rings (SSSR count). The Hall–Kier alpha value is -3.22. The summed E-state index contributed by atoms with van der Waals surface area (Å²) < 4.78 is 1.67. The van der Waals surface area contributed by atoms with Gasteiger partial charge in [0, 0.05) is 23.9 Å². The van der Waals surface area contributed by atoms with Gasteiger partial charge in [0.2, 0.25) is 0 Å². The molecule has 7 heteroatoms. The number of fused-ring (bicyclic) bond motifs is 1. The molecule has 0 saturated heterocycles. The highest BCUT2D eigenvalue weighted by Gasteiger charge is 2.23. The predicted molar refractivity (Wildman–Crippen MR) is 105 cm³/mol. The minimum Gasteiger partial charge on any atom is -0.481 e. The molecule has 3 aromatic rings. The topological polar surface area (TPSA) is 96.6 Å². The van der Waals surface area contributed by atoms with Crippen molar-refractivity contribution in [1.82, 2.24) is 19.9 Å². The number of hydrogen-bond donors (Lipinski definition) is 2. The molecule has 0 radical (unpaired) electrons. The lowest BCUT2D eigenvalue weighted by Gasteiger charge is -2.18. The number of aromatic nitrogens is 3. The van der Waals surface area contributed by atoms with Gasteiger partial charge < -0.3 is 10.4 Å². The largest absolute Gasteiger partial charge is 0.481 e. The van der Waals surface area contributed by atoms with E-state index in [0.717, 1.165) is 17.0 Å². The van der Waals surface area contributed by atoms with E-state index in [-0.39, 0.29) is 18.4 Å². The first-order valence-corrected chi connectivity index (χ1v) is 9.25. The molecule has 0 spiro atoms. The molecule has 0 saturated carbocycles. The molecule has 0 aliphatic rings. The van der Waals surface area contributed by atoms with Crippen LogP contribution in [0.2, 0.25) is 0 Å². The van der Waals surface area contributed by atoms with Gasteiger partial charge in [-0.05, 0) is 45.2 Å². The molecule has 0 aliphatic heterocycles. The Balaban J connectivity index is 1.88. The smallest absolute Gasteiger partial charge is 0.303 e. The highest BCUT2D eigenvalue weighted by Crippen LogP contribution is 2.17. The Bertz CT molecular complexity index is 1010. The molecule has 1 aromatic carbocycles. The number of carboxylic acid groups (broad SMARTS) is 1. The summed E-state index contributed by atoms with van der Waals surface area (Å²) in [7, 11) is 0. The summed E-state index contributed by atoms with van der Waals surface area (Å²) in [6.07, 6.45) is 0.894. The number of aryl methyl sites for hydroxylation is 3. The van der Waals surface area contributed by atoms with Gasteiger partial charge in [-0.15, -0.1) is 0 Å². The molecule has 2 heterocycles. The molecule has 28 heavy (non-hydrogen) atoms. The zero-order chi connectivity index (χ0) is 20.3. The lowest BCUT2D eigenvalue weighted by molar-refractivity contribution is -0.137. The summed E-state index contributed by atoms with van der Waals surface area (Å²) in [6, 6.07) is 11.3. The summed E-state index contributed by atoms with van der Waals surface area (Å²) in [6.45, 7) is 5.57. The number of carbonyl (C=O) groups excluding carboxylic acids is 1. The van der Waals surface area contributed by atoms with Gasteiger partial charge in [0.05, 0.1) is 5.69 Å². The Labute approximate surface area is 163 Å². The highest BCUT2D eigenvalue weighted by atomic mass is 16.4. The maximum absolute atomic E-state index is 13.1. The number of nitrogens with one attached hydrogen (secondary N) is 1. The van der Waals surface area contributed by atoms with Crippen molar-refractivity contribution < 1.29 is 14.7 Å². The molecular formula is C21H24N4O3. The molecule has 2 N–H and O–H groups in total. The van der Waals surface area contributed by atoms with E-state index in [0.29, 0.717) is 29.7 Å². The Kier molecular flexibility index (Phi) is 5.73. The molecule has 7 nitrogen and oxygen atoms in total. The lowest BCUT2D eigenvalue weighted by atomic mass is 10.0. The second-order valence-corrected chi connectivity index (χ2v) is 7.03. The van der Waals surface area contributed by atoms with E-state index >= 15 is 0 Å². The van der Waals surface area contributed by atoms with Gasteiger partial charge in [0.1, 0.15) is 5.56 Å². The van der Waals surface area contributed by atoms with E-state index in [1.807, 2.05) is 50.2 Å². The quantitative estimate of drug-likeness (QED) is 0.657. The van der Waals surface area contributed by atoms with E-state index in [1.54, 1.807) is 11.4 Å². The van der Waals surface area contributed by atoms with Crippen molar-refractivity contribution in [2.24, 2.45) is 0 Å². The van der Waals surface area contributed by atoms with Gasteiger partial charge in [0.25, 0.3) is 5.91 Å². The number of rotatable bonds is 7. The van der Waals surface area contributed by atoms with E-state index in [2.05, 4.69) is 15.4 Å². The van der Waals surface area contributed by atoms with Crippen molar-refractivity contribution in [2.45, 2.75) is 46.1 Å². The van der Waals surface area contributed by atoms with Crippen LogP contribution in [0.4, 0.5) is 0 Å². The third-order valence-corrected chi connectivity index (χ3v) is 4.66. The monoisotopic (exact) mass is 380 g/mol. The normalized spacial score (nSPS) is 12.1. The van der Waals surface area contributed by atoms with E-state index in [1.165, 1.54) is 0 Å². The maximum atomic E-state index is 13.1. The van der Waals surface area contributed by atoms with E-state index in [9.17, 15) is 9.59 Å². The summed E-state index contributed by atoms with van der Waals surface area (Å²) in [4.78, 5) is 28.6. The molecule has 0 aliphatic carbocycles. The number of benzene rings is 1. The van der Waals surface area contributed by atoms with Gasteiger partial charge in [-0.3, -0.25) is 9.59 Å². The summed E-state index contributed by atoms with van der Waals surface area (Å²) in [5.41, 5.74) is 4.29. The van der Waals surface area contributed by atoms with Gasteiger partial charge in [0.15, 0.2) is 5.65 Å². The van der Waals surface area contributed by atoms with Crippen LogP contribution in [0, 0.1) is 20.8 Å². The van der Waals surface area contributed by atoms with Crippen LogP contribution < -0.4 is 5.32 Å². The van der Waals surface area contributed by atoms with E-state index < -0.39 is 5.97 Å². The fourth-order valence-corrected chi connectivity index (χ4v) is 3.37. The Morgan fingerprint density at radius 2 is 1.89 bits per heavy atom. The van der Waals surface area contributed by atoms with Crippen LogP contribution in [0.3, 0.4) is 0 Å². The maximum Gasteiger partial charge on any atom is 0.303 e. The van der Waals surface area contributed by atoms with E-state index in [4.69, 9.17) is 5.11 Å². The fourth-order valence-electron chi connectivity index (χ4n) is 3.37. The third-order valence-electron chi connectivity index (χ3n) is 4.66. The summed E-state index contributed by atoms with van der Waals surface area (Å²) in [5.74, 6) is -1.16. The summed E-state index contributed by atoms with van der Waals surface area (Å²) >= 11 is 0. The zero-order valence-electron chi connectivity index (χ0n) is 16.3. The number of hydrogen-bond acceptors (Lipinski definition) is 4. The first-order valence-electron chi connectivity index (χ1n) is 9.25. The first-order chi connectivity index (χ1) is 13.3. The van der Waals surface area contributed by atoms with Gasteiger partial charge in [-0.1, -0.05) is 30.3 Å². The van der Waals surface area contributed by atoms with Crippen molar-refractivity contribution in [1.29, 1.82) is 0 Å². The number of carboxylic acids is 1. The number of amides is 1. The van der Waals surface area contributed by atoms with Crippen LogP contribution in [-0.4, -0.2) is 37.6 Å². The fraction of sp³-hybridized carbons (Fsp3) is 0.333. The molecule has 1 amide bonds. The van der Waals surface area contributed by atoms with Gasteiger partial charge >= 0.3 is 5.97 Å². The number of aliphatic carboxylic acids is 1. The third kappa shape index (κ3) is 4.36. The Morgan fingerprint density at radius 1 is 1.18 bits per heavy atom. The van der Waals surface area contributed by atoms with Crippen molar-refractivity contribution >= 4 is 17.5 Å². The minimum absolute atomic E-state index is 0.0119. The summed E-state index contributed by atoms with van der Waals surface area (Å²) in [5, 5.41) is 16.5. The molecule has 1 atom stereocenters. The minimum atomic E-state index is -0.882. The van der Waals surface area contributed by atoms with Crippen molar-refractivity contribution in [3.63, 3.8) is 0 Å². The van der Waals surface area contributed by atoms with Crippen molar-refractivity contribution in [3.8, 4) is 0 Å². The lowest BCUT2D eigenvalue weighted by Crippen LogP contribution is -2.37. The van der Waals surface area contributed by atoms with Crippen LogP contribution in [0.25, 0.3) is 5.65 Å². The first kappa shape index (κ1) is 19.5. The Morgan fingerprint density at radius 3 is 2.57 bits per heavy atom. The van der Waals surface area contributed by atoms with Crippen LogP contribution in [0.15, 0.2) is 36.4 Å². The van der Waals surface area contributed by atoms with Crippen LogP contribution >= 0.6 is 0 Å². The van der Waals surface area contributed by atoms with Gasteiger partial charge in [-0.2, -0.15) is 5.10 Å². The van der Waals surface area contributed by atoms with Crippen LogP contribution in [0.5, 0.6) is 0 Å². The molecule has 1 unspecified atom stereocenters. The average molecular weight is 380 g/mol. The molecule has 2 aromatic heterocycles. The second-order valence-electron chi connectivity index (χ2n) is 7.03. The number of carbonyl (C=O) groups is 2. The van der Waals surface area contributed by atoms with Crippen molar-refractivity contribution in [2.75, 3.05) is 0 Å². The SMILES string of the molecule is Cc1cc(C)n2nc(C)c(C(=O)NC(CCC(=O)O)Cc3ccccc3)c2n1. The average Bonchev–Trinajstić information content (AvgIpc) is 2.97. The number of nitrogens with zero attached hydrogens (tertiary/aromatic N) is 3.